The van der Waals surface area contributed by atoms with Crippen LogP contribution in [0.2, 0.25) is 0 Å². The molecule has 0 saturated heterocycles. The van der Waals surface area contributed by atoms with Crippen molar-refractivity contribution in [2.75, 3.05) is 12.4 Å². The van der Waals surface area contributed by atoms with Gasteiger partial charge < -0.3 is 10.6 Å². The summed E-state index contributed by atoms with van der Waals surface area (Å²) in [6.45, 7) is 4.12. The normalized spacial score (nSPS) is 17.1. The molecule has 1 aliphatic carbocycles. The molecule has 1 aromatic carbocycles. The van der Waals surface area contributed by atoms with E-state index in [0.29, 0.717) is 0 Å². The average molecular weight is 232 g/mol. The molecule has 3 nitrogen and oxygen atoms in total. The molecule has 2 rings (SSSR count). The van der Waals surface area contributed by atoms with E-state index in [2.05, 4.69) is 17.6 Å². The molecule has 1 amide bonds. The predicted molar refractivity (Wildman–Crippen MR) is 70.4 cm³/mol. The van der Waals surface area contributed by atoms with Gasteiger partial charge in [0.05, 0.1) is 5.56 Å². The fourth-order valence-electron chi connectivity index (χ4n) is 2.24. The van der Waals surface area contributed by atoms with Crippen molar-refractivity contribution in [1.29, 1.82) is 0 Å². The van der Waals surface area contributed by atoms with Crippen molar-refractivity contribution in [3.05, 3.63) is 29.3 Å². The fraction of sp³-hybridized carbons (Fsp3) is 0.500. The Bertz CT molecular complexity index is 436. The van der Waals surface area contributed by atoms with Gasteiger partial charge in [0, 0.05) is 18.3 Å². The molecule has 1 aromatic rings. The van der Waals surface area contributed by atoms with Crippen molar-refractivity contribution in [3.63, 3.8) is 0 Å². The Hall–Kier alpha value is -1.51. The topological polar surface area (TPSA) is 41.1 Å². The Morgan fingerprint density at radius 3 is 2.59 bits per heavy atom. The molecule has 17 heavy (non-hydrogen) atoms. The highest BCUT2D eigenvalue weighted by molar-refractivity contribution is 6.00. The lowest BCUT2D eigenvalue weighted by Crippen LogP contribution is -2.51. The van der Waals surface area contributed by atoms with Crippen LogP contribution in [0.4, 0.5) is 5.69 Å². The highest BCUT2D eigenvalue weighted by Gasteiger charge is 2.33. The van der Waals surface area contributed by atoms with E-state index in [1.54, 1.807) is 0 Å². The molecule has 0 unspecified atom stereocenters. The molecule has 92 valence electrons. The number of carbonyl (C=O) groups excluding carboxylic acids is 1. The summed E-state index contributed by atoms with van der Waals surface area (Å²) in [5, 5.41) is 6.20. The summed E-state index contributed by atoms with van der Waals surface area (Å²) in [6, 6.07) is 5.89. The molecule has 0 aliphatic heterocycles. The van der Waals surface area contributed by atoms with Crippen LogP contribution in [0.3, 0.4) is 0 Å². The van der Waals surface area contributed by atoms with Gasteiger partial charge in [0.1, 0.15) is 0 Å². The summed E-state index contributed by atoms with van der Waals surface area (Å²) < 4.78 is 0. The highest BCUT2D eigenvalue weighted by atomic mass is 16.1. The zero-order valence-corrected chi connectivity index (χ0v) is 10.8. The Kier molecular flexibility index (Phi) is 3.09. The molecule has 1 saturated carbocycles. The summed E-state index contributed by atoms with van der Waals surface area (Å²) in [5.41, 5.74) is 2.73. The minimum absolute atomic E-state index is 0.00579. The van der Waals surface area contributed by atoms with Crippen LogP contribution < -0.4 is 10.6 Å². The maximum absolute atomic E-state index is 12.2. The van der Waals surface area contributed by atoms with E-state index in [-0.39, 0.29) is 11.4 Å². The first kappa shape index (κ1) is 12.0. The van der Waals surface area contributed by atoms with E-state index in [0.717, 1.165) is 29.7 Å². The average Bonchev–Trinajstić information content (AvgIpc) is 2.26. The Balaban J connectivity index is 2.20. The minimum atomic E-state index is 0.00579. The van der Waals surface area contributed by atoms with Crippen LogP contribution in [0, 0.1) is 6.92 Å². The van der Waals surface area contributed by atoms with Crippen LogP contribution in [0.15, 0.2) is 18.2 Å². The molecular formula is C14H20N2O. The third-order valence-electron chi connectivity index (χ3n) is 3.56. The molecule has 1 aliphatic rings. The number of nitrogens with one attached hydrogen (secondary N) is 2. The van der Waals surface area contributed by atoms with Gasteiger partial charge >= 0.3 is 0 Å². The number of carbonyl (C=O) groups is 1. The van der Waals surface area contributed by atoms with Crippen LogP contribution in [0.5, 0.6) is 0 Å². The number of aryl methyl sites for hydroxylation is 1. The molecular weight excluding hydrogens is 212 g/mol. The standard InChI is InChI=1S/C14H20N2O/c1-10-5-6-12(15-3)11(9-10)13(17)16-14(2)7-4-8-14/h5-6,9,15H,4,7-8H2,1-3H3,(H,16,17). The van der Waals surface area contributed by atoms with Crippen molar-refractivity contribution in [2.24, 2.45) is 0 Å². The second-order valence-corrected chi connectivity index (χ2v) is 5.17. The number of benzene rings is 1. The lowest BCUT2D eigenvalue weighted by molar-refractivity contribution is 0.0851. The van der Waals surface area contributed by atoms with Gasteiger partial charge in [-0.05, 0) is 45.2 Å². The van der Waals surface area contributed by atoms with Crippen molar-refractivity contribution in [3.8, 4) is 0 Å². The van der Waals surface area contributed by atoms with Gasteiger partial charge in [0.2, 0.25) is 0 Å². The zero-order chi connectivity index (χ0) is 12.5. The lowest BCUT2D eigenvalue weighted by atomic mass is 9.78. The van der Waals surface area contributed by atoms with E-state index >= 15 is 0 Å². The summed E-state index contributed by atoms with van der Waals surface area (Å²) in [7, 11) is 1.84. The molecule has 0 aromatic heterocycles. The summed E-state index contributed by atoms with van der Waals surface area (Å²) in [6.07, 6.45) is 3.38. The van der Waals surface area contributed by atoms with E-state index in [1.807, 2.05) is 32.2 Å². The molecule has 1 fully saturated rings. The second-order valence-electron chi connectivity index (χ2n) is 5.17. The molecule has 0 atom stereocenters. The maximum Gasteiger partial charge on any atom is 0.253 e. The van der Waals surface area contributed by atoms with Crippen LogP contribution in [0.25, 0.3) is 0 Å². The van der Waals surface area contributed by atoms with E-state index in [9.17, 15) is 4.79 Å². The number of hydrogen-bond donors (Lipinski definition) is 2. The van der Waals surface area contributed by atoms with Gasteiger partial charge in [-0.1, -0.05) is 11.6 Å². The smallest absolute Gasteiger partial charge is 0.253 e. The zero-order valence-electron chi connectivity index (χ0n) is 10.8. The highest BCUT2D eigenvalue weighted by Crippen LogP contribution is 2.31. The number of hydrogen-bond acceptors (Lipinski definition) is 2. The van der Waals surface area contributed by atoms with Crippen molar-refractivity contribution < 1.29 is 4.79 Å². The van der Waals surface area contributed by atoms with Gasteiger partial charge in [0.25, 0.3) is 5.91 Å². The van der Waals surface area contributed by atoms with Crippen LogP contribution in [-0.4, -0.2) is 18.5 Å². The van der Waals surface area contributed by atoms with Crippen molar-refractivity contribution >= 4 is 11.6 Å². The first-order valence-electron chi connectivity index (χ1n) is 6.15. The first-order valence-corrected chi connectivity index (χ1v) is 6.15. The van der Waals surface area contributed by atoms with Crippen molar-refractivity contribution in [2.45, 2.75) is 38.6 Å². The van der Waals surface area contributed by atoms with E-state index in [4.69, 9.17) is 0 Å². The fourth-order valence-corrected chi connectivity index (χ4v) is 2.24. The van der Waals surface area contributed by atoms with Gasteiger partial charge in [0.15, 0.2) is 0 Å². The Labute approximate surface area is 103 Å². The second kappa shape index (κ2) is 4.40. The third kappa shape index (κ3) is 2.43. The van der Waals surface area contributed by atoms with Crippen molar-refractivity contribution in [1.82, 2.24) is 5.32 Å². The van der Waals surface area contributed by atoms with Gasteiger partial charge in [-0.3, -0.25) is 4.79 Å². The van der Waals surface area contributed by atoms with Crippen LogP contribution in [0.1, 0.15) is 42.1 Å². The molecule has 0 radical (unpaired) electrons. The third-order valence-corrected chi connectivity index (χ3v) is 3.56. The lowest BCUT2D eigenvalue weighted by Gasteiger charge is -2.39. The van der Waals surface area contributed by atoms with Gasteiger partial charge in [-0.2, -0.15) is 0 Å². The predicted octanol–water partition coefficient (Wildman–Crippen LogP) is 2.71. The Morgan fingerprint density at radius 2 is 2.06 bits per heavy atom. The summed E-state index contributed by atoms with van der Waals surface area (Å²) in [5.74, 6) is 0.0280. The van der Waals surface area contributed by atoms with Crippen LogP contribution in [-0.2, 0) is 0 Å². The van der Waals surface area contributed by atoms with Gasteiger partial charge in [-0.15, -0.1) is 0 Å². The van der Waals surface area contributed by atoms with E-state index in [1.165, 1.54) is 6.42 Å². The summed E-state index contributed by atoms with van der Waals surface area (Å²) >= 11 is 0. The largest absolute Gasteiger partial charge is 0.387 e. The SMILES string of the molecule is CNc1ccc(C)cc1C(=O)NC1(C)CCC1. The Morgan fingerprint density at radius 1 is 1.35 bits per heavy atom. The molecule has 0 spiro atoms. The maximum atomic E-state index is 12.2. The minimum Gasteiger partial charge on any atom is -0.387 e. The number of anilines is 1. The van der Waals surface area contributed by atoms with Crippen LogP contribution >= 0.6 is 0 Å². The molecule has 3 heteroatoms. The van der Waals surface area contributed by atoms with E-state index < -0.39 is 0 Å². The summed E-state index contributed by atoms with van der Waals surface area (Å²) in [4.78, 5) is 12.2. The number of rotatable bonds is 3. The molecule has 0 heterocycles. The first-order chi connectivity index (χ1) is 8.04. The monoisotopic (exact) mass is 232 g/mol. The molecule has 2 N–H and O–H groups in total. The quantitative estimate of drug-likeness (QED) is 0.841. The molecule has 0 bridgehead atoms. The van der Waals surface area contributed by atoms with Gasteiger partial charge in [-0.25, -0.2) is 0 Å². The number of amides is 1.